The van der Waals surface area contributed by atoms with E-state index in [1.807, 2.05) is 18.2 Å². The maximum absolute atomic E-state index is 13.3. The smallest absolute Gasteiger partial charge is 0.160 e. The van der Waals surface area contributed by atoms with E-state index < -0.39 is 0 Å². The van der Waals surface area contributed by atoms with Gasteiger partial charge in [0.15, 0.2) is 11.5 Å². The van der Waals surface area contributed by atoms with Crippen molar-refractivity contribution in [1.29, 1.82) is 0 Å². The zero-order chi connectivity index (χ0) is 18.5. The monoisotopic (exact) mass is 357 g/mol. The van der Waals surface area contributed by atoms with Crippen LogP contribution in [0.5, 0.6) is 11.5 Å². The van der Waals surface area contributed by atoms with Crippen LogP contribution in [0.25, 0.3) is 0 Å². The Bertz CT molecular complexity index is 730. The van der Waals surface area contributed by atoms with Crippen LogP contribution in [0.4, 0.5) is 4.39 Å². The molecule has 3 N–H and O–H groups in total. The largest absolute Gasteiger partial charge is 0.504 e. The molecular formula is C22H28FNO2. The molecule has 140 valence electrons. The van der Waals surface area contributed by atoms with Gasteiger partial charge in [0.05, 0.1) is 0 Å². The average Bonchev–Trinajstić information content (AvgIpc) is 2.65. The molecule has 0 saturated carbocycles. The van der Waals surface area contributed by atoms with E-state index in [-0.39, 0.29) is 23.2 Å². The Hall–Kier alpha value is -2.07. The summed E-state index contributed by atoms with van der Waals surface area (Å²) in [5.41, 5.74) is 3.18. The van der Waals surface area contributed by atoms with Crippen molar-refractivity contribution in [1.82, 2.24) is 5.32 Å². The lowest BCUT2D eigenvalue weighted by atomic mass is 9.76. The Balaban J connectivity index is 1.83. The summed E-state index contributed by atoms with van der Waals surface area (Å²) in [6.07, 6.45) is 4.91. The number of hydrogen-bond donors (Lipinski definition) is 3. The Labute approximate surface area is 154 Å². The summed E-state index contributed by atoms with van der Waals surface area (Å²) < 4.78 is 13.3. The van der Waals surface area contributed by atoms with E-state index >= 15 is 0 Å². The first kappa shape index (κ1) is 18.7. The molecule has 26 heavy (non-hydrogen) atoms. The third kappa shape index (κ3) is 4.18. The van der Waals surface area contributed by atoms with Crippen molar-refractivity contribution < 1.29 is 14.6 Å². The molecule has 0 bridgehead atoms. The summed E-state index contributed by atoms with van der Waals surface area (Å²) in [4.78, 5) is 0. The predicted molar refractivity (Wildman–Crippen MR) is 102 cm³/mol. The Morgan fingerprint density at radius 2 is 1.92 bits per heavy atom. The van der Waals surface area contributed by atoms with Gasteiger partial charge < -0.3 is 15.5 Å². The van der Waals surface area contributed by atoms with Crippen LogP contribution in [0, 0.1) is 5.82 Å². The van der Waals surface area contributed by atoms with Crippen LogP contribution in [0.2, 0.25) is 0 Å². The first-order chi connectivity index (χ1) is 12.6. The molecule has 2 aromatic carbocycles. The molecule has 0 amide bonds. The lowest BCUT2D eigenvalue weighted by Crippen LogP contribution is -2.24. The van der Waals surface area contributed by atoms with Gasteiger partial charge in [-0.05, 0) is 79.8 Å². The van der Waals surface area contributed by atoms with Crippen molar-refractivity contribution in [3.63, 3.8) is 0 Å². The molecule has 0 radical (unpaired) electrons. The van der Waals surface area contributed by atoms with Crippen LogP contribution < -0.4 is 5.32 Å². The summed E-state index contributed by atoms with van der Waals surface area (Å²) in [6.45, 7) is 3.97. The first-order valence-corrected chi connectivity index (χ1v) is 9.60. The molecule has 0 fully saturated rings. The molecule has 3 nitrogen and oxygen atoms in total. The molecule has 0 saturated heterocycles. The van der Waals surface area contributed by atoms with Crippen LogP contribution in [0.3, 0.4) is 0 Å². The highest BCUT2D eigenvalue weighted by atomic mass is 19.1. The van der Waals surface area contributed by atoms with Crippen molar-refractivity contribution >= 4 is 0 Å². The normalized spacial score (nSPS) is 17.7. The van der Waals surface area contributed by atoms with Crippen molar-refractivity contribution in [2.45, 2.75) is 50.9 Å². The number of nitrogens with one attached hydrogen (secondary N) is 1. The lowest BCUT2D eigenvalue weighted by molar-refractivity contribution is 0.388. The minimum atomic E-state index is -0.211. The van der Waals surface area contributed by atoms with E-state index in [9.17, 15) is 14.6 Å². The minimum Gasteiger partial charge on any atom is -0.504 e. The van der Waals surface area contributed by atoms with Gasteiger partial charge in [-0.25, -0.2) is 4.39 Å². The van der Waals surface area contributed by atoms with Crippen molar-refractivity contribution in [2.24, 2.45) is 0 Å². The summed E-state index contributed by atoms with van der Waals surface area (Å²) >= 11 is 0. The predicted octanol–water partition coefficient (Wildman–Crippen LogP) is 4.83. The summed E-state index contributed by atoms with van der Waals surface area (Å²) in [7, 11) is 0. The second-order valence-electron chi connectivity index (χ2n) is 7.28. The third-order valence-corrected chi connectivity index (χ3v) is 5.44. The summed E-state index contributed by atoms with van der Waals surface area (Å²) in [5, 5.41) is 23.5. The van der Waals surface area contributed by atoms with Crippen molar-refractivity contribution in [3.8, 4) is 11.5 Å². The Kier molecular flexibility index (Phi) is 6.15. The second-order valence-corrected chi connectivity index (χ2v) is 7.28. The van der Waals surface area contributed by atoms with Crippen molar-refractivity contribution in [2.75, 3.05) is 13.1 Å². The zero-order valence-corrected chi connectivity index (χ0v) is 15.3. The van der Waals surface area contributed by atoms with Crippen molar-refractivity contribution in [3.05, 3.63) is 58.9 Å². The van der Waals surface area contributed by atoms with Crippen LogP contribution in [-0.2, 0) is 6.42 Å². The third-order valence-electron chi connectivity index (χ3n) is 5.44. The van der Waals surface area contributed by atoms with Crippen LogP contribution in [-0.4, -0.2) is 23.3 Å². The fourth-order valence-electron chi connectivity index (χ4n) is 4.08. The molecule has 2 unspecified atom stereocenters. The van der Waals surface area contributed by atoms with Gasteiger partial charge in [-0.3, -0.25) is 0 Å². The topological polar surface area (TPSA) is 52.5 Å². The van der Waals surface area contributed by atoms with Crippen LogP contribution in [0.1, 0.15) is 61.1 Å². The SMILES string of the molecule is CCCNCC(CC1CCCc2c1ccc(O)c2O)c1ccc(F)cc1. The first-order valence-electron chi connectivity index (χ1n) is 9.60. The second kappa shape index (κ2) is 8.54. The quantitative estimate of drug-likeness (QED) is 0.491. The fraction of sp³-hybridized carbons (Fsp3) is 0.455. The zero-order valence-electron chi connectivity index (χ0n) is 15.3. The van der Waals surface area contributed by atoms with E-state index in [1.54, 1.807) is 6.07 Å². The molecule has 0 aliphatic heterocycles. The Morgan fingerprint density at radius 1 is 1.15 bits per heavy atom. The standard InChI is InChI=1S/C22H28FNO2/c1-2-12-24-14-17(15-6-8-18(23)9-7-15)13-16-4-3-5-20-19(16)10-11-21(25)22(20)26/h6-11,16-17,24-26H,2-5,12-14H2,1H3. The van der Waals surface area contributed by atoms with Gasteiger partial charge in [0.25, 0.3) is 0 Å². The molecule has 4 heteroatoms. The minimum absolute atomic E-state index is 0.0367. The molecule has 2 aromatic rings. The number of rotatable bonds is 7. The van der Waals surface area contributed by atoms with E-state index in [1.165, 1.54) is 12.1 Å². The van der Waals surface area contributed by atoms with Gasteiger partial charge in [0, 0.05) is 12.1 Å². The average molecular weight is 357 g/mol. The number of aromatic hydroxyl groups is 2. The van der Waals surface area contributed by atoms with E-state index in [0.29, 0.717) is 5.92 Å². The Morgan fingerprint density at radius 3 is 2.65 bits per heavy atom. The number of fused-ring (bicyclic) bond motifs is 1. The molecule has 0 spiro atoms. The van der Waals surface area contributed by atoms with Gasteiger partial charge in [0.1, 0.15) is 5.82 Å². The van der Waals surface area contributed by atoms with Gasteiger partial charge >= 0.3 is 0 Å². The highest BCUT2D eigenvalue weighted by molar-refractivity contribution is 5.51. The van der Waals surface area contributed by atoms with Crippen LogP contribution >= 0.6 is 0 Å². The van der Waals surface area contributed by atoms with Gasteiger partial charge in [-0.1, -0.05) is 25.1 Å². The summed E-state index contributed by atoms with van der Waals surface area (Å²) in [5.74, 6) is 0.411. The molecule has 2 atom stereocenters. The maximum atomic E-state index is 13.3. The number of hydrogen-bond acceptors (Lipinski definition) is 3. The highest BCUT2D eigenvalue weighted by Crippen LogP contribution is 2.44. The number of benzene rings is 2. The molecule has 0 heterocycles. The molecule has 1 aliphatic rings. The number of phenolic OH excluding ortho intramolecular Hbond substituents is 2. The maximum Gasteiger partial charge on any atom is 0.160 e. The van der Waals surface area contributed by atoms with E-state index in [2.05, 4.69) is 12.2 Å². The van der Waals surface area contributed by atoms with Gasteiger partial charge in [-0.15, -0.1) is 0 Å². The lowest BCUT2D eigenvalue weighted by Gasteiger charge is -2.30. The highest BCUT2D eigenvalue weighted by Gasteiger charge is 2.27. The van der Waals surface area contributed by atoms with E-state index in [4.69, 9.17) is 0 Å². The van der Waals surface area contributed by atoms with Crippen LogP contribution in [0.15, 0.2) is 36.4 Å². The molecule has 3 rings (SSSR count). The number of halogens is 1. The molecule has 0 aromatic heterocycles. The fourth-order valence-corrected chi connectivity index (χ4v) is 4.08. The van der Waals surface area contributed by atoms with Gasteiger partial charge in [-0.2, -0.15) is 0 Å². The number of phenols is 2. The van der Waals surface area contributed by atoms with Gasteiger partial charge in [0.2, 0.25) is 0 Å². The summed E-state index contributed by atoms with van der Waals surface area (Å²) in [6, 6.07) is 10.4. The molecule has 1 aliphatic carbocycles. The molecular weight excluding hydrogens is 329 g/mol. The van der Waals surface area contributed by atoms with E-state index in [0.717, 1.165) is 61.9 Å².